The Morgan fingerprint density at radius 3 is 2.53 bits per heavy atom. The van der Waals surface area contributed by atoms with Crippen molar-refractivity contribution in [1.29, 1.82) is 0 Å². The van der Waals surface area contributed by atoms with E-state index in [2.05, 4.69) is 37.9 Å². The molecule has 0 aromatic rings. The molecule has 0 radical (unpaired) electrons. The first-order chi connectivity index (χ1) is 8.84. The van der Waals surface area contributed by atoms with Crippen LogP contribution in [-0.4, -0.2) is 48.3 Å². The number of nitrogens with one attached hydrogen (secondary N) is 1. The molecule has 1 heterocycles. The molecule has 1 aliphatic heterocycles. The van der Waals surface area contributed by atoms with Crippen LogP contribution in [0, 0.1) is 11.3 Å². The summed E-state index contributed by atoms with van der Waals surface area (Å²) in [5, 5.41) is 13.3. The average molecular weight is 270 g/mol. The highest BCUT2D eigenvalue weighted by molar-refractivity contribution is 4.84. The number of aliphatic hydroxyl groups is 1. The van der Waals surface area contributed by atoms with Crippen molar-refractivity contribution < 1.29 is 5.11 Å². The molecule has 3 unspecified atom stereocenters. The molecule has 0 amide bonds. The van der Waals surface area contributed by atoms with Crippen LogP contribution in [0.1, 0.15) is 53.9 Å². The molecule has 0 spiro atoms. The minimum atomic E-state index is -0.151. The Morgan fingerprint density at radius 2 is 2.05 bits per heavy atom. The van der Waals surface area contributed by atoms with Crippen LogP contribution in [0.5, 0.6) is 0 Å². The molecule has 1 aliphatic rings. The molecule has 0 aliphatic carbocycles. The van der Waals surface area contributed by atoms with Crippen molar-refractivity contribution in [1.82, 2.24) is 10.2 Å². The highest BCUT2D eigenvalue weighted by Gasteiger charge is 2.28. The Morgan fingerprint density at radius 1 is 1.37 bits per heavy atom. The maximum atomic E-state index is 9.65. The summed E-state index contributed by atoms with van der Waals surface area (Å²) >= 11 is 0. The first-order valence-electron chi connectivity index (χ1n) is 7.98. The highest BCUT2D eigenvalue weighted by Crippen LogP contribution is 2.24. The predicted octanol–water partition coefficient (Wildman–Crippen LogP) is 2.49. The van der Waals surface area contributed by atoms with Gasteiger partial charge in [-0.2, -0.15) is 0 Å². The van der Waals surface area contributed by atoms with Crippen LogP contribution in [0.2, 0.25) is 0 Å². The van der Waals surface area contributed by atoms with Crippen molar-refractivity contribution in [3.63, 3.8) is 0 Å². The van der Waals surface area contributed by atoms with Gasteiger partial charge >= 0.3 is 0 Å². The number of hydrogen-bond acceptors (Lipinski definition) is 3. The standard InChI is InChI=1S/C16H34N2O/c1-6-9-17-15(16(3,4)5)8-11-18-10-7-14(12-18)13(2)19/h13-15,17,19H,6-12H2,1-5H3. The van der Waals surface area contributed by atoms with E-state index in [0.717, 1.165) is 32.6 Å². The fourth-order valence-electron chi connectivity index (χ4n) is 2.93. The van der Waals surface area contributed by atoms with Gasteiger partial charge in [0.25, 0.3) is 0 Å². The summed E-state index contributed by atoms with van der Waals surface area (Å²) in [6.07, 6.45) is 3.40. The summed E-state index contributed by atoms with van der Waals surface area (Å²) in [6, 6.07) is 0.582. The molecular formula is C16H34N2O. The fourth-order valence-corrected chi connectivity index (χ4v) is 2.93. The lowest BCUT2D eigenvalue weighted by molar-refractivity contribution is 0.126. The first kappa shape index (κ1) is 16.9. The molecule has 3 nitrogen and oxygen atoms in total. The minimum Gasteiger partial charge on any atom is -0.393 e. The van der Waals surface area contributed by atoms with Crippen molar-refractivity contribution in [2.45, 2.75) is 66.0 Å². The second-order valence-corrected chi connectivity index (χ2v) is 7.25. The Balaban J connectivity index is 2.36. The maximum absolute atomic E-state index is 9.65. The van der Waals surface area contributed by atoms with Gasteiger partial charge in [-0.15, -0.1) is 0 Å². The molecule has 3 atom stereocenters. The topological polar surface area (TPSA) is 35.5 Å². The zero-order valence-corrected chi connectivity index (χ0v) is 13.6. The van der Waals surface area contributed by atoms with E-state index in [-0.39, 0.29) is 6.10 Å². The number of likely N-dealkylation sites (tertiary alicyclic amines) is 1. The molecule has 1 fully saturated rings. The number of rotatable bonds is 7. The van der Waals surface area contributed by atoms with Gasteiger partial charge in [-0.3, -0.25) is 0 Å². The molecule has 0 aromatic carbocycles. The number of hydrogen-bond donors (Lipinski definition) is 2. The van der Waals surface area contributed by atoms with Crippen molar-refractivity contribution >= 4 is 0 Å². The SMILES string of the molecule is CCCNC(CCN1CCC(C(C)O)C1)C(C)(C)C. The first-order valence-corrected chi connectivity index (χ1v) is 7.98. The van der Waals surface area contributed by atoms with Crippen molar-refractivity contribution in [2.75, 3.05) is 26.2 Å². The van der Waals surface area contributed by atoms with Gasteiger partial charge in [0, 0.05) is 12.6 Å². The summed E-state index contributed by atoms with van der Waals surface area (Å²) in [7, 11) is 0. The van der Waals surface area contributed by atoms with Crippen molar-refractivity contribution in [3.05, 3.63) is 0 Å². The van der Waals surface area contributed by atoms with Crippen LogP contribution >= 0.6 is 0 Å². The molecule has 1 rings (SSSR count). The maximum Gasteiger partial charge on any atom is 0.0552 e. The zero-order valence-electron chi connectivity index (χ0n) is 13.6. The van der Waals surface area contributed by atoms with Gasteiger partial charge in [-0.25, -0.2) is 0 Å². The molecule has 1 saturated heterocycles. The van der Waals surface area contributed by atoms with E-state index < -0.39 is 0 Å². The normalized spacial score (nSPS) is 24.6. The van der Waals surface area contributed by atoms with Gasteiger partial charge in [-0.05, 0) is 57.2 Å². The summed E-state index contributed by atoms with van der Waals surface area (Å²) < 4.78 is 0. The lowest BCUT2D eigenvalue weighted by Crippen LogP contribution is -2.43. The van der Waals surface area contributed by atoms with Gasteiger partial charge in [0.15, 0.2) is 0 Å². The van der Waals surface area contributed by atoms with Gasteiger partial charge in [-0.1, -0.05) is 27.7 Å². The van der Waals surface area contributed by atoms with E-state index in [1.54, 1.807) is 0 Å². The molecule has 3 heteroatoms. The molecule has 2 N–H and O–H groups in total. The summed E-state index contributed by atoms with van der Waals surface area (Å²) in [5.41, 5.74) is 0.318. The number of aliphatic hydroxyl groups excluding tert-OH is 1. The average Bonchev–Trinajstić information content (AvgIpc) is 2.76. The third kappa shape index (κ3) is 5.80. The molecule has 114 valence electrons. The van der Waals surface area contributed by atoms with Gasteiger partial charge in [0.2, 0.25) is 0 Å². The largest absolute Gasteiger partial charge is 0.393 e. The highest BCUT2D eigenvalue weighted by atomic mass is 16.3. The molecule has 0 aromatic heterocycles. The third-order valence-electron chi connectivity index (χ3n) is 4.41. The van der Waals surface area contributed by atoms with E-state index in [4.69, 9.17) is 0 Å². The van der Waals surface area contributed by atoms with E-state index in [1.807, 2.05) is 6.92 Å². The second kappa shape index (κ2) is 7.61. The van der Waals surface area contributed by atoms with E-state index in [0.29, 0.717) is 17.4 Å². The summed E-state index contributed by atoms with van der Waals surface area (Å²) in [6.45, 7) is 15.6. The monoisotopic (exact) mass is 270 g/mol. The van der Waals surface area contributed by atoms with E-state index in [9.17, 15) is 5.11 Å². The Bertz CT molecular complexity index is 248. The van der Waals surface area contributed by atoms with Gasteiger partial charge < -0.3 is 15.3 Å². The summed E-state index contributed by atoms with van der Waals surface area (Å²) in [5.74, 6) is 0.483. The molecular weight excluding hydrogens is 236 g/mol. The van der Waals surface area contributed by atoms with E-state index in [1.165, 1.54) is 12.8 Å². The van der Waals surface area contributed by atoms with Crippen LogP contribution in [-0.2, 0) is 0 Å². The molecule has 0 saturated carbocycles. The Kier molecular flexibility index (Phi) is 6.78. The van der Waals surface area contributed by atoms with Gasteiger partial charge in [0.1, 0.15) is 0 Å². The van der Waals surface area contributed by atoms with Crippen LogP contribution in [0.3, 0.4) is 0 Å². The summed E-state index contributed by atoms with van der Waals surface area (Å²) in [4.78, 5) is 2.52. The molecule has 0 bridgehead atoms. The third-order valence-corrected chi connectivity index (χ3v) is 4.41. The van der Waals surface area contributed by atoms with Crippen LogP contribution in [0.25, 0.3) is 0 Å². The predicted molar refractivity (Wildman–Crippen MR) is 82.4 cm³/mol. The smallest absolute Gasteiger partial charge is 0.0552 e. The number of nitrogens with zero attached hydrogens (tertiary/aromatic N) is 1. The Labute approximate surface area is 119 Å². The lowest BCUT2D eigenvalue weighted by Gasteiger charge is -2.33. The second-order valence-electron chi connectivity index (χ2n) is 7.25. The molecule has 19 heavy (non-hydrogen) atoms. The van der Waals surface area contributed by atoms with Crippen molar-refractivity contribution in [3.8, 4) is 0 Å². The van der Waals surface area contributed by atoms with Crippen LogP contribution in [0.15, 0.2) is 0 Å². The fraction of sp³-hybridized carbons (Fsp3) is 1.00. The van der Waals surface area contributed by atoms with E-state index >= 15 is 0 Å². The lowest BCUT2D eigenvalue weighted by atomic mass is 9.84. The van der Waals surface area contributed by atoms with Crippen LogP contribution < -0.4 is 5.32 Å². The zero-order chi connectivity index (χ0) is 14.5. The quantitative estimate of drug-likeness (QED) is 0.746. The van der Waals surface area contributed by atoms with Crippen molar-refractivity contribution in [2.24, 2.45) is 11.3 Å². The van der Waals surface area contributed by atoms with Gasteiger partial charge in [0.05, 0.1) is 6.10 Å². The minimum absolute atomic E-state index is 0.151. The Hall–Kier alpha value is -0.120. The van der Waals surface area contributed by atoms with Crippen LogP contribution in [0.4, 0.5) is 0 Å².